The van der Waals surface area contributed by atoms with Gasteiger partial charge < -0.3 is 19.5 Å². The Morgan fingerprint density at radius 1 is 1.03 bits per heavy atom. The molecule has 174 valence electrons. The normalized spacial score (nSPS) is 19.3. The number of nitrogens with zero attached hydrogens (tertiary/aromatic N) is 1. The van der Waals surface area contributed by atoms with E-state index in [1.165, 1.54) is 0 Å². The molecule has 1 aromatic carbocycles. The van der Waals surface area contributed by atoms with Crippen LogP contribution in [0.25, 0.3) is 0 Å². The summed E-state index contributed by atoms with van der Waals surface area (Å²) >= 11 is 0. The van der Waals surface area contributed by atoms with Crippen LogP contribution in [-0.4, -0.2) is 48.0 Å². The van der Waals surface area contributed by atoms with Crippen molar-refractivity contribution < 1.29 is 28.6 Å². The van der Waals surface area contributed by atoms with Crippen LogP contribution < -0.4 is 10.1 Å². The molecule has 2 rings (SSSR count). The van der Waals surface area contributed by atoms with Crippen LogP contribution in [-0.2, 0) is 19.1 Å². The first-order chi connectivity index (χ1) is 14.4. The molecule has 8 nitrogen and oxygen atoms in total. The van der Waals surface area contributed by atoms with E-state index in [1.54, 1.807) is 48.7 Å². The number of benzene rings is 1. The Morgan fingerprint density at radius 3 is 2.19 bits per heavy atom. The van der Waals surface area contributed by atoms with E-state index < -0.39 is 29.3 Å². The van der Waals surface area contributed by atoms with Gasteiger partial charge in [-0.15, -0.1) is 0 Å². The summed E-state index contributed by atoms with van der Waals surface area (Å²) in [5, 5.41) is 4.55. The third-order valence-electron chi connectivity index (χ3n) is 4.36. The number of amides is 1. The number of carbonyl (C=O) groups excluding carboxylic acids is 2. The van der Waals surface area contributed by atoms with Crippen molar-refractivity contribution in [2.24, 2.45) is 0 Å². The maximum Gasteiger partial charge on any atom is 0.408 e. The first kappa shape index (κ1) is 24.9. The van der Waals surface area contributed by atoms with Crippen LogP contribution >= 0.6 is 0 Å². The molecule has 1 fully saturated rings. The molecule has 1 N–H and O–H groups in total. The minimum Gasteiger partial charge on any atom is -0.497 e. The molecular weight excluding hydrogens is 400 g/mol. The van der Waals surface area contributed by atoms with Crippen molar-refractivity contribution in [3.63, 3.8) is 0 Å². The van der Waals surface area contributed by atoms with Crippen molar-refractivity contribution in [1.29, 1.82) is 0 Å². The van der Waals surface area contributed by atoms with E-state index in [0.717, 1.165) is 30.7 Å². The van der Waals surface area contributed by atoms with E-state index >= 15 is 0 Å². The molecule has 2 unspecified atom stereocenters. The Labute approximate surface area is 185 Å². The molecule has 3 atom stereocenters. The minimum atomic E-state index is -0.762. The van der Waals surface area contributed by atoms with Crippen LogP contribution in [0.1, 0.15) is 72.6 Å². The van der Waals surface area contributed by atoms with Crippen LogP contribution in [0.2, 0.25) is 0 Å². The molecule has 0 saturated carbocycles. The second-order valence-electron chi connectivity index (χ2n) is 9.60. The van der Waals surface area contributed by atoms with Crippen LogP contribution in [0.3, 0.4) is 0 Å². The zero-order valence-electron chi connectivity index (χ0n) is 19.7. The summed E-state index contributed by atoms with van der Waals surface area (Å²) in [5.74, 6) is 0.346. The Morgan fingerprint density at radius 2 is 1.65 bits per heavy atom. The molecule has 1 amide bonds. The molecule has 1 aliphatic heterocycles. The van der Waals surface area contributed by atoms with Gasteiger partial charge in [0.2, 0.25) is 0 Å². The Bertz CT molecular complexity index is 736. The number of hydroxylamine groups is 2. The molecule has 1 heterocycles. The van der Waals surface area contributed by atoms with Crippen molar-refractivity contribution >= 4 is 12.1 Å². The van der Waals surface area contributed by atoms with Gasteiger partial charge in [-0.1, -0.05) is 12.1 Å². The standard InChI is InChI=1S/C23H36N2O6/c1-22(2,3)29-20(26)18(24-21(27)30-23(4,5)6)10-8-9-15-25-19(31-25)16-11-13-17(28-7)14-12-16/h11-14,18-19H,8-10,15H2,1-7H3,(H,24,27)/t18-,19?,25?/m0/s1. The summed E-state index contributed by atoms with van der Waals surface area (Å²) in [6.07, 6.45) is 1.30. The smallest absolute Gasteiger partial charge is 0.408 e. The van der Waals surface area contributed by atoms with Crippen LogP contribution in [0, 0.1) is 0 Å². The highest BCUT2D eigenvalue weighted by atomic mass is 16.8. The minimum absolute atomic E-state index is 0.0487. The lowest BCUT2D eigenvalue weighted by Crippen LogP contribution is -2.46. The topological polar surface area (TPSA) is 89.4 Å². The van der Waals surface area contributed by atoms with Crippen molar-refractivity contribution in [3.05, 3.63) is 29.8 Å². The van der Waals surface area contributed by atoms with Crippen molar-refractivity contribution in [1.82, 2.24) is 10.4 Å². The average molecular weight is 437 g/mol. The number of alkyl carbamates (subject to hydrolysis) is 1. The van der Waals surface area contributed by atoms with Gasteiger partial charge in [-0.25, -0.2) is 9.59 Å². The fraction of sp³-hybridized carbons (Fsp3) is 0.652. The monoisotopic (exact) mass is 436 g/mol. The fourth-order valence-corrected chi connectivity index (χ4v) is 2.95. The van der Waals surface area contributed by atoms with Crippen LogP contribution in [0.4, 0.5) is 4.79 Å². The number of esters is 1. The number of methoxy groups -OCH3 is 1. The van der Waals surface area contributed by atoms with Gasteiger partial charge in [-0.05, 0) is 78.5 Å². The Hall–Kier alpha value is -2.32. The van der Waals surface area contributed by atoms with Gasteiger partial charge in [-0.3, -0.25) is 4.84 Å². The summed E-state index contributed by atoms with van der Waals surface area (Å²) in [6, 6.07) is 7.01. The third kappa shape index (κ3) is 9.14. The van der Waals surface area contributed by atoms with Crippen molar-refractivity contribution in [2.45, 2.75) is 84.3 Å². The van der Waals surface area contributed by atoms with Gasteiger partial charge in [0.1, 0.15) is 23.0 Å². The first-order valence-electron chi connectivity index (χ1n) is 10.7. The average Bonchev–Trinajstić information content (AvgIpc) is 3.41. The van der Waals surface area contributed by atoms with E-state index in [1.807, 2.05) is 29.3 Å². The zero-order chi connectivity index (χ0) is 23.2. The summed E-state index contributed by atoms with van der Waals surface area (Å²) in [5.41, 5.74) is -0.210. The van der Waals surface area contributed by atoms with Gasteiger partial charge in [0.15, 0.2) is 6.23 Å². The number of hydrogen-bond acceptors (Lipinski definition) is 7. The molecule has 1 aromatic rings. The molecule has 0 aromatic heterocycles. The van der Waals surface area contributed by atoms with Gasteiger partial charge in [0, 0.05) is 6.54 Å². The van der Waals surface area contributed by atoms with E-state index in [-0.39, 0.29) is 6.23 Å². The summed E-state index contributed by atoms with van der Waals surface area (Å²) < 4.78 is 15.9. The predicted molar refractivity (Wildman–Crippen MR) is 116 cm³/mol. The quantitative estimate of drug-likeness (QED) is 0.350. The largest absolute Gasteiger partial charge is 0.497 e. The highest BCUT2D eigenvalue weighted by molar-refractivity contribution is 5.81. The SMILES string of the molecule is COc1ccc(C2ON2CCCC[C@H](NC(=O)OC(C)(C)C)C(=O)OC(C)(C)C)cc1. The van der Waals surface area contributed by atoms with Gasteiger partial charge in [0.05, 0.1) is 7.11 Å². The Kier molecular flexibility index (Phi) is 8.31. The number of ether oxygens (including phenoxy) is 3. The summed E-state index contributed by atoms with van der Waals surface area (Å²) in [6.45, 7) is 11.4. The molecule has 31 heavy (non-hydrogen) atoms. The maximum absolute atomic E-state index is 12.6. The molecule has 0 spiro atoms. The second-order valence-corrected chi connectivity index (χ2v) is 9.60. The van der Waals surface area contributed by atoms with E-state index in [4.69, 9.17) is 19.0 Å². The zero-order valence-corrected chi connectivity index (χ0v) is 19.7. The number of hydrogen-bond donors (Lipinski definition) is 1. The van der Waals surface area contributed by atoms with Crippen molar-refractivity contribution in [3.8, 4) is 5.75 Å². The number of rotatable bonds is 9. The van der Waals surface area contributed by atoms with E-state index in [9.17, 15) is 9.59 Å². The van der Waals surface area contributed by atoms with E-state index in [2.05, 4.69) is 5.32 Å². The van der Waals surface area contributed by atoms with Gasteiger partial charge in [0.25, 0.3) is 0 Å². The predicted octanol–water partition coefficient (Wildman–Crippen LogP) is 4.35. The molecule has 0 bridgehead atoms. The van der Waals surface area contributed by atoms with E-state index in [0.29, 0.717) is 6.42 Å². The first-order valence-corrected chi connectivity index (χ1v) is 10.7. The number of nitrogens with one attached hydrogen (secondary N) is 1. The van der Waals surface area contributed by atoms with Gasteiger partial charge in [-0.2, -0.15) is 5.06 Å². The Balaban J connectivity index is 1.81. The fourth-order valence-electron chi connectivity index (χ4n) is 2.95. The lowest BCUT2D eigenvalue weighted by atomic mass is 10.1. The molecule has 1 saturated heterocycles. The van der Waals surface area contributed by atoms with Crippen molar-refractivity contribution in [2.75, 3.05) is 13.7 Å². The van der Waals surface area contributed by atoms with Crippen LogP contribution in [0.15, 0.2) is 24.3 Å². The molecular formula is C23H36N2O6. The van der Waals surface area contributed by atoms with Crippen LogP contribution in [0.5, 0.6) is 5.75 Å². The maximum atomic E-state index is 12.6. The molecule has 1 aliphatic rings. The number of unbranched alkanes of at least 4 members (excludes halogenated alkanes) is 1. The number of carbonyl (C=O) groups is 2. The summed E-state index contributed by atoms with van der Waals surface area (Å²) in [7, 11) is 1.64. The highest BCUT2D eigenvalue weighted by Crippen LogP contribution is 2.37. The second kappa shape index (κ2) is 10.3. The van der Waals surface area contributed by atoms with Gasteiger partial charge >= 0.3 is 12.1 Å². The lowest BCUT2D eigenvalue weighted by molar-refractivity contribution is -0.157. The third-order valence-corrected chi connectivity index (χ3v) is 4.36. The molecule has 8 heteroatoms. The summed E-state index contributed by atoms with van der Waals surface area (Å²) in [4.78, 5) is 30.3. The highest BCUT2D eigenvalue weighted by Gasteiger charge is 2.37. The molecule has 0 radical (unpaired) electrons. The molecule has 0 aliphatic carbocycles. The lowest BCUT2D eigenvalue weighted by Gasteiger charge is -2.26.